The first-order chi connectivity index (χ1) is 8.86. The first-order valence-corrected chi connectivity index (χ1v) is 6.53. The second-order valence-corrected chi connectivity index (χ2v) is 5.25. The summed E-state index contributed by atoms with van der Waals surface area (Å²) in [7, 11) is 1.57. The topological polar surface area (TPSA) is 58.6 Å². The Morgan fingerprint density at radius 1 is 1.26 bits per heavy atom. The van der Waals surface area contributed by atoms with Crippen LogP contribution in [0.2, 0.25) is 0 Å². The maximum Gasteiger partial charge on any atom is 0.325 e. The molecule has 0 saturated heterocycles. The molecule has 106 valence electrons. The molecule has 0 aromatic heterocycles. The van der Waals surface area contributed by atoms with Gasteiger partial charge in [-0.05, 0) is 31.4 Å². The van der Waals surface area contributed by atoms with Gasteiger partial charge in [-0.2, -0.15) is 0 Å². The number of benzene rings is 1. The molecule has 0 aliphatic heterocycles. The molecule has 1 atom stereocenters. The largest absolute Gasteiger partial charge is 0.496 e. The Hall–Kier alpha value is -1.55. The molecule has 0 fully saturated rings. The molecule has 0 heterocycles. The molecule has 0 amide bonds. The quantitative estimate of drug-likeness (QED) is 0.830. The Morgan fingerprint density at radius 2 is 1.89 bits per heavy atom. The third-order valence-corrected chi connectivity index (χ3v) is 2.98. The van der Waals surface area contributed by atoms with Crippen molar-refractivity contribution >= 4 is 5.97 Å². The fourth-order valence-corrected chi connectivity index (χ4v) is 1.95. The van der Waals surface area contributed by atoms with Gasteiger partial charge in [-0.1, -0.05) is 26.0 Å². The minimum absolute atomic E-state index is 0.0792. The number of hydrogen-bond acceptors (Lipinski definition) is 3. The SMILES string of the molecule is COc1cc(C(C)C)ccc1C(NC(C)C)C(=O)O. The van der Waals surface area contributed by atoms with E-state index in [0.717, 1.165) is 5.56 Å². The van der Waals surface area contributed by atoms with E-state index in [9.17, 15) is 9.90 Å². The number of carboxylic acid groups (broad SMARTS) is 1. The van der Waals surface area contributed by atoms with Gasteiger partial charge >= 0.3 is 5.97 Å². The molecular formula is C15H23NO3. The van der Waals surface area contributed by atoms with Crippen molar-refractivity contribution in [3.63, 3.8) is 0 Å². The predicted molar refractivity (Wildman–Crippen MR) is 75.7 cm³/mol. The molecule has 4 heteroatoms. The van der Waals surface area contributed by atoms with Crippen molar-refractivity contribution in [2.24, 2.45) is 0 Å². The molecule has 4 nitrogen and oxygen atoms in total. The number of ether oxygens (including phenoxy) is 1. The number of carboxylic acids is 1. The van der Waals surface area contributed by atoms with Gasteiger partial charge in [-0.25, -0.2) is 0 Å². The molecular weight excluding hydrogens is 242 g/mol. The lowest BCUT2D eigenvalue weighted by Crippen LogP contribution is -2.33. The van der Waals surface area contributed by atoms with Crippen LogP contribution in [0.5, 0.6) is 5.75 Å². The van der Waals surface area contributed by atoms with Crippen LogP contribution < -0.4 is 10.1 Å². The summed E-state index contributed by atoms with van der Waals surface area (Å²) < 4.78 is 5.35. The normalized spacial score (nSPS) is 12.8. The van der Waals surface area contributed by atoms with Crippen LogP contribution in [0.4, 0.5) is 0 Å². The first-order valence-electron chi connectivity index (χ1n) is 6.53. The average molecular weight is 265 g/mol. The monoisotopic (exact) mass is 265 g/mol. The van der Waals surface area contributed by atoms with Gasteiger partial charge in [0.2, 0.25) is 0 Å². The lowest BCUT2D eigenvalue weighted by Gasteiger charge is -2.21. The van der Waals surface area contributed by atoms with E-state index < -0.39 is 12.0 Å². The van der Waals surface area contributed by atoms with E-state index in [2.05, 4.69) is 19.2 Å². The van der Waals surface area contributed by atoms with E-state index in [1.807, 2.05) is 32.0 Å². The number of rotatable bonds is 6. The van der Waals surface area contributed by atoms with Crippen molar-refractivity contribution in [3.05, 3.63) is 29.3 Å². The zero-order chi connectivity index (χ0) is 14.6. The fraction of sp³-hybridized carbons (Fsp3) is 0.533. The van der Waals surface area contributed by atoms with Crippen LogP contribution in [0.1, 0.15) is 50.8 Å². The molecule has 1 aromatic rings. The third kappa shape index (κ3) is 3.96. The second kappa shape index (κ2) is 6.57. The second-order valence-electron chi connectivity index (χ2n) is 5.25. The van der Waals surface area contributed by atoms with Crippen LogP contribution in [0, 0.1) is 0 Å². The summed E-state index contributed by atoms with van der Waals surface area (Å²) in [5, 5.41) is 12.4. The maximum absolute atomic E-state index is 11.4. The summed E-state index contributed by atoms with van der Waals surface area (Å²) in [5.74, 6) is 0.0975. The molecule has 0 saturated carbocycles. The van der Waals surface area contributed by atoms with Crippen molar-refractivity contribution in [3.8, 4) is 5.75 Å². The van der Waals surface area contributed by atoms with Crippen LogP contribution in [0.3, 0.4) is 0 Å². The predicted octanol–water partition coefficient (Wildman–Crippen LogP) is 2.94. The Morgan fingerprint density at radius 3 is 2.32 bits per heavy atom. The van der Waals surface area contributed by atoms with Gasteiger partial charge < -0.3 is 9.84 Å². The van der Waals surface area contributed by atoms with Crippen LogP contribution in [0.15, 0.2) is 18.2 Å². The highest BCUT2D eigenvalue weighted by molar-refractivity contribution is 5.76. The van der Waals surface area contributed by atoms with Crippen LogP contribution >= 0.6 is 0 Å². The summed E-state index contributed by atoms with van der Waals surface area (Å²) in [4.78, 5) is 11.4. The van der Waals surface area contributed by atoms with Crippen LogP contribution in [-0.4, -0.2) is 24.2 Å². The molecule has 0 aliphatic carbocycles. The molecule has 1 aromatic carbocycles. The van der Waals surface area contributed by atoms with E-state index >= 15 is 0 Å². The van der Waals surface area contributed by atoms with Crippen molar-refractivity contribution in [1.29, 1.82) is 0 Å². The Bertz CT molecular complexity index is 441. The van der Waals surface area contributed by atoms with Gasteiger partial charge in [0.05, 0.1) is 7.11 Å². The molecule has 1 unspecified atom stereocenters. The molecule has 0 aliphatic rings. The Balaban J connectivity index is 3.19. The van der Waals surface area contributed by atoms with E-state index in [1.165, 1.54) is 0 Å². The van der Waals surface area contributed by atoms with E-state index in [0.29, 0.717) is 17.2 Å². The fourth-order valence-electron chi connectivity index (χ4n) is 1.95. The highest BCUT2D eigenvalue weighted by atomic mass is 16.5. The number of methoxy groups -OCH3 is 1. The number of nitrogens with one attached hydrogen (secondary N) is 1. The summed E-state index contributed by atoms with van der Waals surface area (Å²) in [6, 6.07) is 5.03. The zero-order valence-electron chi connectivity index (χ0n) is 12.2. The van der Waals surface area contributed by atoms with Gasteiger partial charge in [0, 0.05) is 11.6 Å². The lowest BCUT2D eigenvalue weighted by molar-refractivity contribution is -0.139. The van der Waals surface area contributed by atoms with Gasteiger partial charge in [-0.3, -0.25) is 10.1 Å². The maximum atomic E-state index is 11.4. The van der Waals surface area contributed by atoms with E-state index in [-0.39, 0.29) is 6.04 Å². The standard InChI is InChI=1S/C15H23NO3/c1-9(2)11-6-7-12(13(8-11)19-5)14(15(17)18)16-10(3)4/h6-10,14,16H,1-5H3,(H,17,18). The third-order valence-electron chi connectivity index (χ3n) is 2.98. The van der Waals surface area contributed by atoms with Gasteiger partial charge in [0.25, 0.3) is 0 Å². The van der Waals surface area contributed by atoms with Crippen LogP contribution in [0.25, 0.3) is 0 Å². The summed E-state index contributed by atoms with van der Waals surface area (Å²) in [6.45, 7) is 8.03. The van der Waals surface area contributed by atoms with Crippen molar-refractivity contribution in [2.45, 2.75) is 45.7 Å². The Kier molecular flexibility index (Phi) is 5.36. The molecule has 0 radical (unpaired) electrons. The minimum Gasteiger partial charge on any atom is -0.496 e. The van der Waals surface area contributed by atoms with Crippen LogP contribution in [-0.2, 0) is 4.79 Å². The van der Waals surface area contributed by atoms with E-state index in [4.69, 9.17) is 4.74 Å². The average Bonchev–Trinajstić information content (AvgIpc) is 2.34. The summed E-state index contributed by atoms with van der Waals surface area (Å²) in [5.41, 5.74) is 1.79. The minimum atomic E-state index is -0.899. The molecule has 19 heavy (non-hydrogen) atoms. The smallest absolute Gasteiger partial charge is 0.325 e. The number of hydrogen-bond donors (Lipinski definition) is 2. The van der Waals surface area contributed by atoms with Gasteiger partial charge in [0.1, 0.15) is 11.8 Å². The van der Waals surface area contributed by atoms with Crippen molar-refractivity contribution < 1.29 is 14.6 Å². The highest BCUT2D eigenvalue weighted by Gasteiger charge is 2.24. The molecule has 1 rings (SSSR count). The lowest BCUT2D eigenvalue weighted by atomic mass is 9.97. The summed E-state index contributed by atoms with van der Waals surface area (Å²) >= 11 is 0. The molecule has 0 spiro atoms. The molecule has 2 N–H and O–H groups in total. The highest BCUT2D eigenvalue weighted by Crippen LogP contribution is 2.29. The van der Waals surface area contributed by atoms with Gasteiger partial charge in [-0.15, -0.1) is 0 Å². The number of aliphatic carboxylic acids is 1. The zero-order valence-corrected chi connectivity index (χ0v) is 12.2. The van der Waals surface area contributed by atoms with Crippen molar-refractivity contribution in [2.75, 3.05) is 7.11 Å². The first kappa shape index (κ1) is 15.5. The van der Waals surface area contributed by atoms with Gasteiger partial charge in [0.15, 0.2) is 0 Å². The summed E-state index contributed by atoms with van der Waals surface area (Å²) in [6.07, 6.45) is 0. The Labute approximate surface area is 114 Å². The van der Waals surface area contributed by atoms with E-state index in [1.54, 1.807) is 7.11 Å². The number of carbonyl (C=O) groups is 1. The van der Waals surface area contributed by atoms with Crippen molar-refractivity contribution in [1.82, 2.24) is 5.32 Å². The molecule has 0 bridgehead atoms.